The van der Waals surface area contributed by atoms with Gasteiger partial charge in [-0.2, -0.15) is 0 Å². The maximum Gasteiger partial charge on any atom is 0.407 e. The van der Waals surface area contributed by atoms with Crippen molar-refractivity contribution in [1.29, 1.82) is 0 Å². The van der Waals surface area contributed by atoms with Crippen LogP contribution in [0.3, 0.4) is 0 Å². The van der Waals surface area contributed by atoms with Crippen LogP contribution in [-0.4, -0.2) is 42.8 Å². The van der Waals surface area contributed by atoms with Gasteiger partial charge in [0.25, 0.3) is 0 Å². The Morgan fingerprint density at radius 1 is 0.967 bits per heavy atom. The first kappa shape index (κ1) is 21.4. The molecule has 30 heavy (non-hydrogen) atoms. The van der Waals surface area contributed by atoms with E-state index in [1.54, 1.807) is 0 Å². The summed E-state index contributed by atoms with van der Waals surface area (Å²) >= 11 is 0. The van der Waals surface area contributed by atoms with E-state index in [1.807, 2.05) is 38.1 Å². The molecule has 0 saturated heterocycles. The lowest BCUT2D eigenvalue weighted by Crippen LogP contribution is -2.39. The van der Waals surface area contributed by atoms with Gasteiger partial charge in [-0.1, -0.05) is 62.4 Å². The standard InChI is InChI=1S/C23H26N2O5/c1-23(2,11-20(26)24-12-21(27)28)14-25-22(29)30-13-19-17-9-5-3-7-15(17)16-8-4-6-10-18(16)19/h3-10,19H,11-14H2,1-2H3,(H,24,26)(H,25,29)(H,27,28). The van der Waals surface area contributed by atoms with E-state index in [0.29, 0.717) is 0 Å². The van der Waals surface area contributed by atoms with Crippen molar-refractivity contribution in [2.75, 3.05) is 19.7 Å². The van der Waals surface area contributed by atoms with Crippen molar-refractivity contribution in [1.82, 2.24) is 10.6 Å². The Balaban J connectivity index is 1.53. The van der Waals surface area contributed by atoms with Gasteiger partial charge in [-0.3, -0.25) is 9.59 Å². The van der Waals surface area contributed by atoms with E-state index in [0.717, 1.165) is 22.3 Å². The molecule has 0 radical (unpaired) electrons. The van der Waals surface area contributed by atoms with Crippen molar-refractivity contribution in [3.05, 3.63) is 59.7 Å². The van der Waals surface area contributed by atoms with Crippen molar-refractivity contribution in [2.45, 2.75) is 26.2 Å². The number of ether oxygens (including phenoxy) is 1. The Kier molecular flexibility index (Phi) is 6.40. The molecule has 7 nitrogen and oxygen atoms in total. The van der Waals surface area contributed by atoms with E-state index in [2.05, 4.69) is 34.9 Å². The number of carbonyl (C=O) groups excluding carboxylic acids is 2. The summed E-state index contributed by atoms with van der Waals surface area (Å²) < 4.78 is 5.49. The number of rotatable bonds is 8. The quantitative estimate of drug-likeness (QED) is 0.620. The SMILES string of the molecule is CC(C)(CNC(=O)OCC1c2ccccc2-c2ccccc21)CC(=O)NCC(=O)O. The molecular weight excluding hydrogens is 384 g/mol. The molecule has 0 saturated carbocycles. The molecule has 0 fully saturated rings. The molecule has 0 heterocycles. The molecule has 3 N–H and O–H groups in total. The van der Waals surface area contributed by atoms with Gasteiger partial charge in [0.2, 0.25) is 5.91 Å². The average molecular weight is 410 g/mol. The summed E-state index contributed by atoms with van der Waals surface area (Å²) in [5.74, 6) is -1.49. The Morgan fingerprint density at radius 2 is 1.53 bits per heavy atom. The minimum atomic E-state index is -1.10. The van der Waals surface area contributed by atoms with Gasteiger partial charge >= 0.3 is 12.1 Å². The first-order valence-electron chi connectivity index (χ1n) is 9.84. The molecular formula is C23H26N2O5. The zero-order valence-electron chi connectivity index (χ0n) is 17.1. The smallest absolute Gasteiger partial charge is 0.407 e. The van der Waals surface area contributed by atoms with Gasteiger partial charge in [0.1, 0.15) is 13.2 Å². The minimum Gasteiger partial charge on any atom is -0.480 e. The second kappa shape index (κ2) is 8.98. The number of hydrogen-bond donors (Lipinski definition) is 3. The summed E-state index contributed by atoms with van der Waals surface area (Å²) in [6.45, 7) is 3.66. The predicted molar refractivity (Wildman–Crippen MR) is 112 cm³/mol. The molecule has 1 aliphatic rings. The maximum absolute atomic E-state index is 12.3. The van der Waals surface area contributed by atoms with E-state index < -0.39 is 24.0 Å². The van der Waals surface area contributed by atoms with Gasteiger partial charge in [-0.25, -0.2) is 4.79 Å². The monoisotopic (exact) mass is 410 g/mol. The zero-order valence-corrected chi connectivity index (χ0v) is 17.1. The van der Waals surface area contributed by atoms with Crippen molar-refractivity contribution in [3.8, 4) is 11.1 Å². The van der Waals surface area contributed by atoms with Crippen LogP contribution in [0.4, 0.5) is 4.79 Å². The summed E-state index contributed by atoms with van der Waals surface area (Å²) in [5, 5.41) is 13.7. The molecule has 2 aromatic carbocycles. The third-order valence-electron chi connectivity index (χ3n) is 5.13. The van der Waals surface area contributed by atoms with Gasteiger partial charge in [0.05, 0.1) is 0 Å². The fourth-order valence-electron chi connectivity index (χ4n) is 3.69. The lowest BCUT2D eigenvalue weighted by atomic mass is 9.89. The largest absolute Gasteiger partial charge is 0.480 e. The Morgan fingerprint density at radius 3 is 2.10 bits per heavy atom. The molecule has 0 spiro atoms. The average Bonchev–Trinajstić information content (AvgIpc) is 3.03. The molecule has 0 bridgehead atoms. The van der Waals surface area contributed by atoms with Gasteiger partial charge in [-0.05, 0) is 27.7 Å². The van der Waals surface area contributed by atoms with Crippen LogP contribution in [0.15, 0.2) is 48.5 Å². The minimum absolute atomic E-state index is 0.0158. The van der Waals surface area contributed by atoms with E-state index >= 15 is 0 Å². The zero-order chi connectivity index (χ0) is 21.7. The van der Waals surface area contributed by atoms with Gasteiger partial charge < -0.3 is 20.5 Å². The number of carboxylic acids is 1. The van der Waals surface area contributed by atoms with Crippen LogP contribution in [0.1, 0.15) is 37.3 Å². The normalized spacial score (nSPS) is 12.6. The summed E-state index contributed by atoms with van der Waals surface area (Å²) in [5.41, 5.74) is 4.06. The third-order valence-corrected chi connectivity index (χ3v) is 5.13. The third kappa shape index (κ3) is 5.17. The molecule has 2 amide bonds. The van der Waals surface area contributed by atoms with E-state index in [9.17, 15) is 14.4 Å². The van der Waals surface area contributed by atoms with E-state index in [1.165, 1.54) is 0 Å². The molecule has 1 aliphatic carbocycles. The number of amides is 2. The molecule has 7 heteroatoms. The number of hydrogen-bond acceptors (Lipinski definition) is 4. The number of fused-ring (bicyclic) bond motifs is 3. The second-order valence-corrected chi connectivity index (χ2v) is 8.19. The van der Waals surface area contributed by atoms with Gasteiger partial charge in [-0.15, -0.1) is 0 Å². The van der Waals surface area contributed by atoms with Crippen molar-refractivity contribution in [3.63, 3.8) is 0 Å². The Hall–Kier alpha value is -3.35. The highest BCUT2D eigenvalue weighted by Crippen LogP contribution is 2.44. The van der Waals surface area contributed by atoms with Crippen LogP contribution in [0.2, 0.25) is 0 Å². The van der Waals surface area contributed by atoms with Crippen molar-refractivity contribution in [2.24, 2.45) is 5.41 Å². The van der Waals surface area contributed by atoms with Crippen LogP contribution in [0, 0.1) is 5.41 Å². The summed E-state index contributed by atoms with van der Waals surface area (Å²) in [4.78, 5) is 34.6. The predicted octanol–water partition coefficient (Wildman–Crippen LogP) is 3.14. The molecule has 158 valence electrons. The number of alkyl carbamates (subject to hydrolysis) is 1. The molecule has 0 atom stereocenters. The Labute approximate surface area is 175 Å². The fraction of sp³-hybridized carbons (Fsp3) is 0.348. The summed E-state index contributed by atoms with van der Waals surface area (Å²) in [6, 6.07) is 16.2. The first-order chi connectivity index (χ1) is 14.3. The Bertz CT molecular complexity index is 909. The van der Waals surface area contributed by atoms with Crippen LogP contribution in [0.5, 0.6) is 0 Å². The summed E-state index contributed by atoms with van der Waals surface area (Å²) in [6.07, 6.45) is -0.458. The lowest BCUT2D eigenvalue weighted by Gasteiger charge is -2.24. The van der Waals surface area contributed by atoms with Crippen LogP contribution in [-0.2, 0) is 14.3 Å². The molecule has 2 aromatic rings. The van der Waals surface area contributed by atoms with Crippen LogP contribution in [0.25, 0.3) is 11.1 Å². The number of carbonyl (C=O) groups is 3. The van der Waals surface area contributed by atoms with E-state index in [4.69, 9.17) is 9.84 Å². The molecule has 0 unspecified atom stereocenters. The highest BCUT2D eigenvalue weighted by Gasteiger charge is 2.29. The topological polar surface area (TPSA) is 105 Å². The fourth-order valence-corrected chi connectivity index (χ4v) is 3.69. The number of benzene rings is 2. The number of nitrogens with one attached hydrogen (secondary N) is 2. The lowest BCUT2D eigenvalue weighted by molar-refractivity contribution is -0.138. The van der Waals surface area contributed by atoms with Gasteiger partial charge in [0.15, 0.2) is 0 Å². The number of carboxylic acid groups (broad SMARTS) is 1. The highest BCUT2D eigenvalue weighted by atomic mass is 16.5. The molecule has 0 aliphatic heterocycles. The van der Waals surface area contributed by atoms with Crippen molar-refractivity contribution < 1.29 is 24.2 Å². The highest BCUT2D eigenvalue weighted by molar-refractivity contribution is 5.81. The second-order valence-electron chi connectivity index (χ2n) is 8.19. The number of aliphatic carboxylic acids is 1. The van der Waals surface area contributed by atoms with Gasteiger partial charge in [0, 0.05) is 18.9 Å². The molecule has 3 rings (SSSR count). The maximum atomic E-state index is 12.3. The first-order valence-corrected chi connectivity index (χ1v) is 9.84. The van der Waals surface area contributed by atoms with Crippen LogP contribution >= 0.6 is 0 Å². The van der Waals surface area contributed by atoms with Crippen LogP contribution < -0.4 is 10.6 Å². The molecule has 0 aromatic heterocycles. The van der Waals surface area contributed by atoms with E-state index in [-0.39, 0.29) is 31.4 Å². The van der Waals surface area contributed by atoms with Crippen molar-refractivity contribution >= 4 is 18.0 Å². The summed E-state index contributed by atoms with van der Waals surface area (Å²) in [7, 11) is 0.